The molecule has 2 fully saturated rings. The normalized spacial score (nSPS) is 23.8. The molecule has 0 bridgehead atoms. The van der Waals surface area contributed by atoms with E-state index in [2.05, 4.69) is 10.6 Å². The van der Waals surface area contributed by atoms with Crippen LogP contribution in [0.3, 0.4) is 0 Å². The van der Waals surface area contributed by atoms with Crippen LogP contribution in [-0.2, 0) is 19.9 Å². The Balaban J connectivity index is 1.66. The van der Waals surface area contributed by atoms with Gasteiger partial charge < -0.3 is 15.4 Å². The summed E-state index contributed by atoms with van der Waals surface area (Å²) in [7, 11) is 0. The third-order valence-electron chi connectivity index (χ3n) is 4.00. The van der Waals surface area contributed by atoms with Crippen molar-refractivity contribution in [3.63, 3.8) is 0 Å². The molecule has 3 rings (SSSR count). The second-order valence-electron chi connectivity index (χ2n) is 5.47. The maximum atomic E-state index is 12.2. The molecule has 2 N–H and O–H groups in total. The van der Waals surface area contributed by atoms with Gasteiger partial charge in [-0.05, 0) is 12.0 Å². The summed E-state index contributed by atoms with van der Waals surface area (Å²) in [6, 6.07) is 9.83. The first-order chi connectivity index (χ1) is 9.70. The van der Waals surface area contributed by atoms with Gasteiger partial charge in [-0.25, -0.2) is 0 Å². The Kier molecular flexibility index (Phi) is 3.44. The van der Waals surface area contributed by atoms with E-state index < -0.39 is 5.54 Å². The van der Waals surface area contributed by atoms with Crippen LogP contribution in [0.1, 0.15) is 18.4 Å². The lowest BCUT2D eigenvalue weighted by molar-refractivity contribution is -0.137. The number of hydrogen-bond donors (Lipinski definition) is 2. The molecule has 106 valence electrons. The van der Waals surface area contributed by atoms with E-state index in [1.807, 2.05) is 30.3 Å². The standard InChI is InChI=1S/C15H18N2O3/c18-13(8-11-6-7-16-14(11)19)17-15(9-20-10-15)12-4-2-1-3-5-12/h1-5,11H,6-10H2,(H,16,19)(H,17,18). The third-order valence-corrected chi connectivity index (χ3v) is 4.00. The largest absolute Gasteiger partial charge is 0.376 e. The molecular weight excluding hydrogens is 256 g/mol. The molecule has 2 amide bonds. The average molecular weight is 274 g/mol. The van der Waals surface area contributed by atoms with E-state index in [0.29, 0.717) is 19.8 Å². The topological polar surface area (TPSA) is 67.4 Å². The summed E-state index contributed by atoms with van der Waals surface area (Å²) in [5.41, 5.74) is 0.628. The second kappa shape index (κ2) is 5.25. The number of benzene rings is 1. The Hall–Kier alpha value is -1.88. The van der Waals surface area contributed by atoms with Crippen molar-refractivity contribution in [1.82, 2.24) is 10.6 Å². The van der Waals surface area contributed by atoms with Gasteiger partial charge in [-0.15, -0.1) is 0 Å². The maximum absolute atomic E-state index is 12.2. The fourth-order valence-corrected chi connectivity index (χ4v) is 2.76. The van der Waals surface area contributed by atoms with Crippen molar-refractivity contribution in [1.29, 1.82) is 0 Å². The smallest absolute Gasteiger partial charge is 0.223 e. The molecule has 0 aliphatic carbocycles. The zero-order valence-corrected chi connectivity index (χ0v) is 11.2. The minimum absolute atomic E-state index is 0.0150. The van der Waals surface area contributed by atoms with Crippen LogP contribution < -0.4 is 10.6 Å². The van der Waals surface area contributed by atoms with Crippen LogP contribution in [0.2, 0.25) is 0 Å². The first-order valence-corrected chi connectivity index (χ1v) is 6.92. The molecule has 0 radical (unpaired) electrons. The first-order valence-electron chi connectivity index (χ1n) is 6.92. The molecule has 5 nitrogen and oxygen atoms in total. The van der Waals surface area contributed by atoms with Crippen molar-refractivity contribution in [2.24, 2.45) is 5.92 Å². The van der Waals surface area contributed by atoms with Crippen LogP contribution in [0.4, 0.5) is 0 Å². The van der Waals surface area contributed by atoms with Gasteiger partial charge in [0.25, 0.3) is 0 Å². The first kappa shape index (κ1) is 13.1. The van der Waals surface area contributed by atoms with Gasteiger partial charge in [-0.3, -0.25) is 9.59 Å². The number of carbonyl (C=O) groups is 2. The van der Waals surface area contributed by atoms with Crippen molar-refractivity contribution in [2.75, 3.05) is 19.8 Å². The second-order valence-corrected chi connectivity index (χ2v) is 5.47. The lowest BCUT2D eigenvalue weighted by atomic mass is 9.87. The van der Waals surface area contributed by atoms with Gasteiger partial charge >= 0.3 is 0 Å². The van der Waals surface area contributed by atoms with Crippen molar-refractivity contribution in [3.8, 4) is 0 Å². The van der Waals surface area contributed by atoms with Gasteiger partial charge in [-0.2, -0.15) is 0 Å². The molecule has 1 aromatic rings. The van der Waals surface area contributed by atoms with E-state index >= 15 is 0 Å². The number of ether oxygens (including phenoxy) is 1. The molecule has 2 saturated heterocycles. The van der Waals surface area contributed by atoms with Crippen LogP contribution >= 0.6 is 0 Å². The van der Waals surface area contributed by atoms with Crippen molar-refractivity contribution in [3.05, 3.63) is 35.9 Å². The fraction of sp³-hybridized carbons (Fsp3) is 0.467. The molecule has 0 aromatic heterocycles. The quantitative estimate of drug-likeness (QED) is 0.843. The average Bonchev–Trinajstić information content (AvgIpc) is 2.80. The van der Waals surface area contributed by atoms with E-state index in [-0.39, 0.29) is 24.2 Å². The van der Waals surface area contributed by atoms with Crippen molar-refractivity contribution < 1.29 is 14.3 Å². The Labute approximate surface area is 117 Å². The summed E-state index contributed by atoms with van der Waals surface area (Å²) < 4.78 is 5.29. The van der Waals surface area contributed by atoms with E-state index in [1.165, 1.54) is 0 Å². The fourth-order valence-electron chi connectivity index (χ4n) is 2.76. The molecule has 1 atom stereocenters. The Morgan fingerprint density at radius 3 is 2.65 bits per heavy atom. The maximum Gasteiger partial charge on any atom is 0.223 e. The Bertz CT molecular complexity index is 511. The summed E-state index contributed by atoms with van der Waals surface area (Å²) in [6.07, 6.45) is 0.988. The molecule has 2 heterocycles. The molecule has 2 aliphatic heterocycles. The van der Waals surface area contributed by atoms with Gasteiger partial charge in [0.15, 0.2) is 0 Å². The highest BCUT2D eigenvalue weighted by Crippen LogP contribution is 2.29. The monoisotopic (exact) mass is 274 g/mol. The highest BCUT2D eigenvalue weighted by molar-refractivity contribution is 5.87. The predicted octanol–water partition coefficient (Wildman–Crippen LogP) is 0.554. The molecule has 0 saturated carbocycles. The molecule has 1 unspecified atom stereocenters. The van der Waals surface area contributed by atoms with Crippen LogP contribution in [0.15, 0.2) is 30.3 Å². The van der Waals surface area contributed by atoms with Gasteiger partial charge in [0.05, 0.1) is 13.2 Å². The van der Waals surface area contributed by atoms with Gasteiger partial charge in [0, 0.05) is 18.9 Å². The van der Waals surface area contributed by atoms with E-state index in [0.717, 1.165) is 12.0 Å². The highest BCUT2D eigenvalue weighted by atomic mass is 16.5. The van der Waals surface area contributed by atoms with Crippen LogP contribution in [0, 0.1) is 5.92 Å². The summed E-state index contributed by atoms with van der Waals surface area (Å²) in [6.45, 7) is 1.64. The Morgan fingerprint density at radius 2 is 2.10 bits per heavy atom. The van der Waals surface area contributed by atoms with Crippen molar-refractivity contribution >= 4 is 11.8 Å². The number of carbonyl (C=O) groups excluding carboxylic acids is 2. The number of rotatable bonds is 4. The molecule has 2 aliphatic rings. The third kappa shape index (κ3) is 2.41. The zero-order chi connectivity index (χ0) is 14.0. The summed E-state index contributed by atoms with van der Waals surface area (Å²) >= 11 is 0. The minimum atomic E-state index is -0.423. The van der Waals surface area contributed by atoms with Crippen LogP contribution in [0.5, 0.6) is 0 Å². The van der Waals surface area contributed by atoms with Gasteiger partial charge in [0.1, 0.15) is 5.54 Å². The lowest BCUT2D eigenvalue weighted by Gasteiger charge is -2.42. The molecule has 1 aromatic carbocycles. The zero-order valence-electron chi connectivity index (χ0n) is 11.2. The van der Waals surface area contributed by atoms with Gasteiger partial charge in [0.2, 0.25) is 11.8 Å². The SMILES string of the molecule is O=C(CC1CCNC1=O)NC1(c2ccccc2)COC1. The van der Waals surface area contributed by atoms with E-state index in [9.17, 15) is 9.59 Å². The predicted molar refractivity (Wildman–Crippen MR) is 72.8 cm³/mol. The van der Waals surface area contributed by atoms with Gasteiger partial charge in [-0.1, -0.05) is 30.3 Å². The van der Waals surface area contributed by atoms with Crippen LogP contribution in [-0.4, -0.2) is 31.6 Å². The molecule has 0 spiro atoms. The van der Waals surface area contributed by atoms with E-state index in [1.54, 1.807) is 0 Å². The number of nitrogens with one attached hydrogen (secondary N) is 2. The minimum Gasteiger partial charge on any atom is -0.376 e. The summed E-state index contributed by atoms with van der Waals surface area (Å²) in [5.74, 6) is -0.290. The lowest BCUT2D eigenvalue weighted by Crippen LogP contribution is -2.59. The van der Waals surface area contributed by atoms with E-state index in [4.69, 9.17) is 4.74 Å². The molecule has 20 heavy (non-hydrogen) atoms. The summed E-state index contributed by atoms with van der Waals surface area (Å²) in [5, 5.41) is 5.80. The highest BCUT2D eigenvalue weighted by Gasteiger charge is 2.42. The molecular formula is C15H18N2O3. The van der Waals surface area contributed by atoms with Crippen LogP contribution in [0.25, 0.3) is 0 Å². The molecule has 5 heteroatoms. The summed E-state index contributed by atoms with van der Waals surface area (Å²) in [4.78, 5) is 23.7. The van der Waals surface area contributed by atoms with Crippen molar-refractivity contribution in [2.45, 2.75) is 18.4 Å². The number of amides is 2. The Morgan fingerprint density at radius 1 is 1.35 bits per heavy atom. The number of hydrogen-bond acceptors (Lipinski definition) is 3.